The zero-order chi connectivity index (χ0) is 36.7. The Kier molecular flexibility index (Phi) is 6.93. The fraction of sp³-hybridized carbons (Fsp3) is 0.0566. The van der Waals surface area contributed by atoms with Crippen LogP contribution in [-0.2, 0) is 5.41 Å². The van der Waals surface area contributed by atoms with E-state index >= 15 is 0 Å². The lowest BCUT2D eigenvalue weighted by atomic mass is 9.81. The normalized spacial score (nSPS) is 13.1. The number of hydrogen-bond donors (Lipinski definition) is 0. The smallest absolute Gasteiger partial charge is 0.136 e. The molecule has 1 aliphatic rings. The molecule has 0 amide bonds. The molecule has 0 spiro atoms. The molecule has 0 bridgehead atoms. The number of anilines is 3. The molecule has 2 nitrogen and oxygen atoms in total. The first-order valence-corrected chi connectivity index (χ1v) is 19.1. The summed E-state index contributed by atoms with van der Waals surface area (Å²) in [6.07, 6.45) is 0. The molecule has 9 aromatic carbocycles. The van der Waals surface area contributed by atoms with Crippen LogP contribution in [0.15, 0.2) is 192 Å². The van der Waals surface area contributed by atoms with Crippen LogP contribution in [0.5, 0.6) is 0 Å². The van der Waals surface area contributed by atoms with Crippen LogP contribution in [0.4, 0.5) is 17.1 Å². The van der Waals surface area contributed by atoms with Crippen LogP contribution in [-0.4, -0.2) is 0 Å². The maximum Gasteiger partial charge on any atom is 0.136 e. The average molecular weight is 704 g/mol. The SMILES string of the molecule is CC1(C)c2ccccc2-c2c1cc1ccccc1c2N(c1ccccc1)c1ccc2oc3cccc(-c4ccc(-c5ccccc5)c5ccccc45)c3c2c1. The van der Waals surface area contributed by atoms with Gasteiger partial charge in [-0.1, -0.05) is 159 Å². The zero-order valence-corrected chi connectivity index (χ0v) is 30.8. The molecule has 1 heterocycles. The Labute approximate surface area is 320 Å². The Balaban J connectivity index is 1.19. The topological polar surface area (TPSA) is 16.4 Å². The van der Waals surface area contributed by atoms with Gasteiger partial charge in [-0.25, -0.2) is 0 Å². The van der Waals surface area contributed by atoms with Crippen molar-refractivity contribution in [1.82, 2.24) is 0 Å². The van der Waals surface area contributed by atoms with Gasteiger partial charge in [-0.2, -0.15) is 0 Å². The third-order valence-corrected chi connectivity index (χ3v) is 11.8. The largest absolute Gasteiger partial charge is 0.456 e. The van der Waals surface area contributed by atoms with E-state index in [4.69, 9.17) is 4.42 Å². The highest BCUT2D eigenvalue weighted by atomic mass is 16.3. The Bertz CT molecular complexity index is 3120. The first-order chi connectivity index (χ1) is 27.1. The minimum absolute atomic E-state index is 0.147. The highest BCUT2D eigenvalue weighted by molar-refractivity contribution is 6.18. The molecule has 260 valence electrons. The molecule has 0 radical (unpaired) electrons. The molecule has 0 saturated heterocycles. The molecular weight excluding hydrogens is 667 g/mol. The Morgan fingerprint density at radius 3 is 1.89 bits per heavy atom. The predicted octanol–water partition coefficient (Wildman–Crippen LogP) is 15.0. The predicted molar refractivity (Wildman–Crippen MR) is 232 cm³/mol. The second kappa shape index (κ2) is 12.1. The highest BCUT2D eigenvalue weighted by Crippen LogP contribution is 2.57. The summed E-state index contributed by atoms with van der Waals surface area (Å²) in [6, 6.07) is 68.3. The van der Waals surface area contributed by atoms with Crippen molar-refractivity contribution in [3.05, 3.63) is 199 Å². The fourth-order valence-corrected chi connectivity index (χ4v) is 9.28. The van der Waals surface area contributed by atoms with Crippen molar-refractivity contribution in [3.63, 3.8) is 0 Å². The van der Waals surface area contributed by atoms with E-state index in [1.165, 1.54) is 66.2 Å². The van der Waals surface area contributed by atoms with Gasteiger partial charge in [-0.3, -0.25) is 0 Å². The number of rotatable bonds is 5. The molecule has 10 aromatic rings. The lowest BCUT2D eigenvalue weighted by molar-refractivity contribution is 0.661. The van der Waals surface area contributed by atoms with Gasteiger partial charge in [-0.05, 0) is 97.6 Å². The first kappa shape index (κ1) is 31.6. The van der Waals surface area contributed by atoms with Gasteiger partial charge in [0.1, 0.15) is 11.2 Å². The van der Waals surface area contributed by atoms with Gasteiger partial charge in [0.25, 0.3) is 0 Å². The lowest BCUT2D eigenvalue weighted by Crippen LogP contribution is -2.16. The number of para-hydroxylation sites is 1. The van der Waals surface area contributed by atoms with E-state index in [9.17, 15) is 0 Å². The van der Waals surface area contributed by atoms with Crippen LogP contribution in [0, 0.1) is 0 Å². The zero-order valence-electron chi connectivity index (χ0n) is 30.8. The van der Waals surface area contributed by atoms with Crippen LogP contribution in [0.25, 0.3) is 76.9 Å². The first-order valence-electron chi connectivity index (χ1n) is 19.1. The van der Waals surface area contributed by atoms with Crippen LogP contribution in [0.2, 0.25) is 0 Å². The third kappa shape index (κ3) is 4.74. The minimum atomic E-state index is -0.147. The number of furan rings is 1. The molecule has 0 saturated carbocycles. The van der Waals surface area contributed by atoms with Gasteiger partial charge in [0, 0.05) is 38.5 Å². The van der Waals surface area contributed by atoms with Crippen molar-refractivity contribution < 1.29 is 4.42 Å². The molecule has 2 heteroatoms. The maximum absolute atomic E-state index is 6.67. The van der Waals surface area contributed by atoms with Gasteiger partial charge in [0.2, 0.25) is 0 Å². The van der Waals surface area contributed by atoms with Gasteiger partial charge in [0.05, 0.1) is 5.69 Å². The summed E-state index contributed by atoms with van der Waals surface area (Å²) in [4.78, 5) is 2.48. The van der Waals surface area contributed by atoms with Crippen molar-refractivity contribution in [2.24, 2.45) is 0 Å². The standard InChI is InChI=1S/C53H37NO/c1-53(2)46-26-14-13-24-44(46)51-47(53)32-35-18-9-10-21-39(35)52(51)54(36-19-7-4-8-20-36)37-28-31-48-45(33-37)50-43(25-15-27-49(50)55-48)42-30-29-38(34-16-5-3-6-17-34)40-22-11-12-23-41(40)42/h3-33H,1-2H3. The highest BCUT2D eigenvalue weighted by Gasteiger charge is 2.39. The number of benzene rings is 9. The Morgan fingerprint density at radius 1 is 0.418 bits per heavy atom. The molecule has 1 aliphatic carbocycles. The van der Waals surface area contributed by atoms with Crippen LogP contribution in [0.3, 0.4) is 0 Å². The van der Waals surface area contributed by atoms with Gasteiger partial charge in [-0.15, -0.1) is 0 Å². The van der Waals surface area contributed by atoms with Crippen molar-refractivity contribution in [2.75, 3.05) is 4.90 Å². The number of nitrogens with zero attached hydrogens (tertiary/aromatic N) is 1. The van der Waals surface area contributed by atoms with Gasteiger partial charge < -0.3 is 9.32 Å². The molecule has 11 rings (SSSR count). The fourth-order valence-electron chi connectivity index (χ4n) is 9.28. The van der Waals surface area contributed by atoms with E-state index in [-0.39, 0.29) is 5.41 Å². The Morgan fingerprint density at radius 2 is 1.07 bits per heavy atom. The molecule has 0 N–H and O–H groups in total. The van der Waals surface area contributed by atoms with Crippen LogP contribution < -0.4 is 4.90 Å². The summed E-state index contributed by atoms with van der Waals surface area (Å²) in [5.41, 5.74) is 15.1. The van der Waals surface area contributed by atoms with Crippen LogP contribution >= 0.6 is 0 Å². The minimum Gasteiger partial charge on any atom is -0.456 e. The summed E-state index contributed by atoms with van der Waals surface area (Å²) in [7, 11) is 0. The molecular formula is C53H37NO. The summed E-state index contributed by atoms with van der Waals surface area (Å²) in [5, 5.41) is 7.14. The molecule has 1 aromatic heterocycles. The van der Waals surface area contributed by atoms with Crippen molar-refractivity contribution in [1.29, 1.82) is 0 Å². The van der Waals surface area contributed by atoms with Gasteiger partial charge in [0.15, 0.2) is 0 Å². The molecule has 55 heavy (non-hydrogen) atoms. The van der Waals surface area contributed by atoms with E-state index in [0.29, 0.717) is 0 Å². The Hall–Kier alpha value is -6.90. The van der Waals surface area contributed by atoms with E-state index in [1.807, 2.05) is 0 Å². The van der Waals surface area contributed by atoms with E-state index in [2.05, 4.69) is 207 Å². The third-order valence-electron chi connectivity index (χ3n) is 11.8. The quantitative estimate of drug-likeness (QED) is 0.177. The molecule has 0 aliphatic heterocycles. The monoisotopic (exact) mass is 703 g/mol. The summed E-state index contributed by atoms with van der Waals surface area (Å²) in [6.45, 7) is 4.73. The van der Waals surface area contributed by atoms with Crippen molar-refractivity contribution >= 4 is 60.5 Å². The number of hydrogen-bond acceptors (Lipinski definition) is 2. The molecule has 0 unspecified atom stereocenters. The molecule has 0 atom stereocenters. The van der Waals surface area contributed by atoms with E-state index in [1.54, 1.807) is 0 Å². The van der Waals surface area contributed by atoms with Crippen molar-refractivity contribution in [2.45, 2.75) is 19.3 Å². The van der Waals surface area contributed by atoms with Gasteiger partial charge >= 0.3 is 0 Å². The second-order valence-corrected chi connectivity index (χ2v) is 15.2. The lowest BCUT2D eigenvalue weighted by Gasteiger charge is -2.30. The summed E-state index contributed by atoms with van der Waals surface area (Å²) in [5.74, 6) is 0. The summed E-state index contributed by atoms with van der Waals surface area (Å²) >= 11 is 0. The van der Waals surface area contributed by atoms with Crippen LogP contribution in [0.1, 0.15) is 25.0 Å². The second-order valence-electron chi connectivity index (χ2n) is 15.2. The summed E-state index contributed by atoms with van der Waals surface area (Å²) < 4.78 is 6.67. The van der Waals surface area contributed by atoms with Crippen molar-refractivity contribution in [3.8, 4) is 33.4 Å². The van der Waals surface area contributed by atoms with E-state index < -0.39 is 0 Å². The number of fused-ring (bicyclic) bond motifs is 8. The maximum atomic E-state index is 6.67. The van der Waals surface area contributed by atoms with E-state index in [0.717, 1.165) is 38.9 Å². The average Bonchev–Trinajstić information content (AvgIpc) is 3.72. The molecule has 0 fully saturated rings.